The van der Waals surface area contributed by atoms with Crippen molar-refractivity contribution in [3.05, 3.63) is 60.7 Å². The normalized spacial score (nSPS) is 9.71. The quantitative estimate of drug-likeness (QED) is 0.705. The summed E-state index contributed by atoms with van der Waals surface area (Å²) in [4.78, 5) is 11.2. The maximum atomic E-state index is 11.2. The van der Waals surface area contributed by atoms with Gasteiger partial charge in [0.25, 0.3) is 0 Å². The van der Waals surface area contributed by atoms with Crippen LogP contribution in [0.15, 0.2) is 60.7 Å². The maximum absolute atomic E-state index is 11.2. The first-order valence-corrected chi connectivity index (χ1v) is 11.9. The third-order valence-electron chi connectivity index (χ3n) is 2.49. The van der Waals surface area contributed by atoms with Crippen molar-refractivity contribution in [2.45, 2.75) is 6.92 Å². The van der Waals surface area contributed by atoms with E-state index in [4.69, 9.17) is 2.69 Å². The molecule has 0 N–H and O–H groups in total. The number of hydrogen-bond donors (Lipinski definition) is 0. The molecule has 0 radical (unpaired) electrons. The first kappa shape index (κ1) is 12.3. The second kappa shape index (κ2) is 5.95. The Morgan fingerprint density at radius 2 is 1.29 bits per heavy atom. The van der Waals surface area contributed by atoms with Crippen molar-refractivity contribution >= 4 is 35.4 Å². The number of carbonyl (C=O) groups excluding carboxylic acids is 1. The van der Waals surface area contributed by atoms with Crippen LogP contribution in [0.1, 0.15) is 6.92 Å². The van der Waals surface area contributed by atoms with E-state index in [0.29, 0.717) is 0 Å². The molecule has 2 aromatic rings. The number of rotatable bonds is 3. The molecule has 0 atom stereocenters. The molecule has 84 valence electrons. The first-order chi connectivity index (χ1) is 8.27. The van der Waals surface area contributed by atoms with Crippen LogP contribution in [-0.2, 0) is 7.48 Å². The van der Waals surface area contributed by atoms with E-state index >= 15 is 0 Å². The fraction of sp³-hybridized carbons (Fsp3) is 0.0714. The minimum absolute atomic E-state index is 0.177. The molecule has 0 bridgehead atoms. The van der Waals surface area contributed by atoms with Gasteiger partial charge in [0, 0.05) is 0 Å². The van der Waals surface area contributed by atoms with E-state index in [0.717, 1.165) is 0 Å². The summed E-state index contributed by atoms with van der Waals surface area (Å²) in [5.41, 5.74) is 0. The molecule has 0 amide bonds. The predicted octanol–water partition coefficient (Wildman–Crippen LogP) is 1.36. The number of benzene rings is 2. The fourth-order valence-electron chi connectivity index (χ4n) is 1.75. The standard InChI is InChI=1S/2C6H5.C2H4O2.Tl/c2*1-2-4-6-5-3-1;1-2(3)4;/h2*1-5H;1H3,(H,3,4);/q;;;+1/p-1. The van der Waals surface area contributed by atoms with Crippen molar-refractivity contribution in [3.63, 3.8) is 0 Å². The molecule has 2 rings (SSSR count). The Morgan fingerprint density at radius 1 is 0.882 bits per heavy atom. The summed E-state index contributed by atoms with van der Waals surface area (Å²) < 4.78 is 8.01. The zero-order chi connectivity index (χ0) is 12.1. The summed E-state index contributed by atoms with van der Waals surface area (Å²) in [5.74, 6) is -0.177. The van der Waals surface area contributed by atoms with Crippen molar-refractivity contribution < 1.29 is 7.48 Å². The van der Waals surface area contributed by atoms with Gasteiger partial charge >= 0.3 is 110 Å². The Balaban J connectivity index is 2.36. The van der Waals surface area contributed by atoms with Crippen molar-refractivity contribution in [3.8, 4) is 0 Å². The van der Waals surface area contributed by atoms with Crippen molar-refractivity contribution in [1.29, 1.82) is 0 Å². The van der Waals surface area contributed by atoms with Gasteiger partial charge < -0.3 is 0 Å². The van der Waals surface area contributed by atoms with Gasteiger partial charge in [0.05, 0.1) is 0 Å². The molecule has 0 aliphatic carbocycles. The fourth-order valence-corrected chi connectivity index (χ4v) is 10.0. The molecular formula is C14H13O2Tl. The van der Waals surface area contributed by atoms with E-state index in [1.54, 1.807) is 0 Å². The molecule has 0 spiro atoms. The van der Waals surface area contributed by atoms with Gasteiger partial charge in [-0.3, -0.25) is 0 Å². The second-order valence-corrected chi connectivity index (χ2v) is 12.9. The van der Waals surface area contributed by atoms with Crippen LogP contribution in [0, 0.1) is 0 Å². The Morgan fingerprint density at radius 3 is 1.65 bits per heavy atom. The van der Waals surface area contributed by atoms with Crippen molar-refractivity contribution in [2.24, 2.45) is 0 Å². The molecule has 0 heterocycles. The second-order valence-electron chi connectivity index (χ2n) is 3.81. The van der Waals surface area contributed by atoms with Crippen LogP contribution in [0.5, 0.6) is 0 Å². The molecule has 0 aliphatic heterocycles. The van der Waals surface area contributed by atoms with Gasteiger partial charge in [-0.2, -0.15) is 0 Å². The molecule has 0 aromatic heterocycles. The van der Waals surface area contributed by atoms with E-state index in [2.05, 4.69) is 24.3 Å². The summed E-state index contributed by atoms with van der Waals surface area (Å²) >= 11 is -2.78. The molecule has 3 heteroatoms. The Labute approximate surface area is 110 Å². The molecule has 0 unspecified atom stereocenters. The van der Waals surface area contributed by atoms with E-state index in [9.17, 15) is 4.79 Å². The predicted molar refractivity (Wildman–Crippen MR) is 69.7 cm³/mol. The Bertz CT molecular complexity index is 443. The number of hydrogen-bond acceptors (Lipinski definition) is 2. The summed E-state index contributed by atoms with van der Waals surface area (Å²) in [5, 5.41) is 0. The first-order valence-electron chi connectivity index (χ1n) is 5.54. The van der Waals surface area contributed by atoms with Crippen molar-refractivity contribution in [2.75, 3.05) is 0 Å². The van der Waals surface area contributed by atoms with Gasteiger partial charge in [-0.25, -0.2) is 0 Å². The molecule has 17 heavy (non-hydrogen) atoms. The molecule has 0 saturated heterocycles. The van der Waals surface area contributed by atoms with Gasteiger partial charge in [-0.15, -0.1) is 0 Å². The molecule has 2 nitrogen and oxygen atoms in total. The van der Waals surface area contributed by atoms with E-state index < -0.39 is 23.2 Å². The average molecular weight is 418 g/mol. The zero-order valence-electron chi connectivity index (χ0n) is 9.67. The molecular weight excluding hydrogens is 405 g/mol. The van der Waals surface area contributed by atoms with E-state index in [1.165, 1.54) is 13.2 Å². The Hall–Kier alpha value is -1.17. The van der Waals surface area contributed by atoms with Crippen LogP contribution in [0.4, 0.5) is 0 Å². The Kier molecular flexibility index (Phi) is 4.31. The molecule has 2 aromatic carbocycles. The summed E-state index contributed by atoms with van der Waals surface area (Å²) in [6.07, 6.45) is 0. The van der Waals surface area contributed by atoms with Crippen LogP contribution in [0.25, 0.3) is 0 Å². The van der Waals surface area contributed by atoms with Crippen LogP contribution in [-0.4, -0.2) is 29.1 Å². The van der Waals surface area contributed by atoms with Crippen LogP contribution in [0.3, 0.4) is 0 Å². The van der Waals surface area contributed by atoms with Gasteiger partial charge in [0.1, 0.15) is 0 Å². The van der Waals surface area contributed by atoms with E-state index in [1.807, 2.05) is 36.4 Å². The topological polar surface area (TPSA) is 26.3 Å². The minimum atomic E-state index is -2.78. The van der Waals surface area contributed by atoms with Gasteiger partial charge in [-0.1, -0.05) is 0 Å². The van der Waals surface area contributed by atoms with Gasteiger partial charge in [-0.05, 0) is 0 Å². The zero-order valence-corrected chi connectivity index (χ0v) is 14.2. The van der Waals surface area contributed by atoms with Gasteiger partial charge in [0.15, 0.2) is 0 Å². The molecule has 0 fully saturated rings. The van der Waals surface area contributed by atoms with Crippen LogP contribution >= 0.6 is 0 Å². The van der Waals surface area contributed by atoms with Crippen molar-refractivity contribution in [1.82, 2.24) is 0 Å². The SMILES string of the molecule is CC(=O)[O][Tl]([c]1ccccc1)[c]1ccccc1. The number of carbonyl (C=O) groups is 1. The molecule has 0 saturated carbocycles. The summed E-state index contributed by atoms with van der Waals surface area (Å²) in [6.45, 7) is 1.48. The summed E-state index contributed by atoms with van der Waals surface area (Å²) in [6, 6.07) is 20.2. The average Bonchev–Trinajstić information content (AvgIpc) is 2.38. The van der Waals surface area contributed by atoms with Crippen LogP contribution < -0.4 is 6.25 Å². The van der Waals surface area contributed by atoms with Gasteiger partial charge in [0.2, 0.25) is 0 Å². The monoisotopic (exact) mass is 418 g/mol. The molecule has 0 aliphatic rings. The van der Waals surface area contributed by atoms with Crippen LogP contribution in [0.2, 0.25) is 0 Å². The summed E-state index contributed by atoms with van der Waals surface area (Å²) in [7, 11) is 0. The van der Waals surface area contributed by atoms with E-state index in [-0.39, 0.29) is 5.97 Å². The third kappa shape index (κ3) is 3.39. The third-order valence-corrected chi connectivity index (χ3v) is 12.4.